The van der Waals surface area contributed by atoms with Gasteiger partial charge in [-0.15, -0.1) is 0 Å². The average molecular weight is 396 g/mol. The van der Waals surface area contributed by atoms with Crippen molar-refractivity contribution < 1.29 is 14.3 Å². The number of piperidine rings is 1. The van der Waals surface area contributed by atoms with Crippen molar-refractivity contribution in [3.63, 3.8) is 0 Å². The summed E-state index contributed by atoms with van der Waals surface area (Å²) in [5, 5.41) is 0. The number of hydrogen-bond acceptors (Lipinski definition) is 5. The number of aromatic nitrogens is 1. The molecule has 0 unspecified atom stereocenters. The molecule has 0 saturated carbocycles. The second kappa shape index (κ2) is 9.37. The van der Waals surface area contributed by atoms with Crippen molar-refractivity contribution in [2.75, 3.05) is 53.0 Å². The molecule has 154 valence electrons. The SMILES string of the molecule is COc1ccccc1-c1cccc([C@H]2CCCN(C(=O)CN3CCOCC3)C2)n1. The van der Waals surface area contributed by atoms with Gasteiger partial charge in [-0.25, -0.2) is 0 Å². The van der Waals surface area contributed by atoms with Gasteiger partial charge in [0.25, 0.3) is 0 Å². The van der Waals surface area contributed by atoms with E-state index < -0.39 is 0 Å². The van der Waals surface area contributed by atoms with Crippen LogP contribution in [-0.2, 0) is 9.53 Å². The van der Waals surface area contributed by atoms with Crippen LogP contribution in [0, 0.1) is 0 Å². The maximum atomic E-state index is 12.8. The van der Waals surface area contributed by atoms with Gasteiger partial charge in [-0.3, -0.25) is 14.7 Å². The minimum atomic E-state index is 0.220. The molecule has 1 aromatic carbocycles. The van der Waals surface area contributed by atoms with Gasteiger partial charge in [0.1, 0.15) is 5.75 Å². The second-order valence-corrected chi connectivity index (χ2v) is 7.72. The fraction of sp³-hybridized carbons (Fsp3) is 0.478. The van der Waals surface area contributed by atoms with Crippen molar-refractivity contribution in [1.29, 1.82) is 0 Å². The zero-order valence-electron chi connectivity index (χ0n) is 17.0. The first-order valence-corrected chi connectivity index (χ1v) is 10.4. The topological polar surface area (TPSA) is 54.9 Å². The molecule has 4 rings (SSSR count). The van der Waals surface area contributed by atoms with Crippen LogP contribution in [0.5, 0.6) is 5.75 Å². The van der Waals surface area contributed by atoms with Crippen LogP contribution >= 0.6 is 0 Å². The molecule has 1 aromatic heterocycles. The molecule has 1 atom stereocenters. The number of hydrogen-bond donors (Lipinski definition) is 0. The molecule has 0 N–H and O–H groups in total. The molecule has 2 aliphatic heterocycles. The van der Waals surface area contributed by atoms with Crippen molar-refractivity contribution in [2.24, 2.45) is 0 Å². The molecule has 6 nitrogen and oxygen atoms in total. The van der Waals surface area contributed by atoms with Crippen molar-refractivity contribution in [2.45, 2.75) is 18.8 Å². The highest BCUT2D eigenvalue weighted by molar-refractivity contribution is 5.78. The summed E-state index contributed by atoms with van der Waals surface area (Å²) in [6.45, 7) is 5.18. The zero-order chi connectivity index (χ0) is 20.1. The number of amides is 1. The molecule has 0 spiro atoms. The number of nitrogens with zero attached hydrogens (tertiary/aromatic N) is 3. The van der Waals surface area contributed by atoms with E-state index in [1.54, 1.807) is 7.11 Å². The number of carbonyl (C=O) groups is 1. The fourth-order valence-electron chi connectivity index (χ4n) is 4.18. The van der Waals surface area contributed by atoms with E-state index in [1.165, 1.54) is 0 Å². The van der Waals surface area contributed by atoms with Gasteiger partial charge in [-0.1, -0.05) is 18.2 Å². The van der Waals surface area contributed by atoms with E-state index in [2.05, 4.69) is 17.0 Å². The summed E-state index contributed by atoms with van der Waals surface area (Å²) in [6.07, 6.45) is 2.07. The Labute approximate surface area is 172 Å². The van der Waals surface area contributed by atoms with E-state index in [-0.39, 0.29) is 11.8 Å². The van der Waals surface area contributed by atoms with E-state index >= 15 is 0 Å². The van der Waals surface area contributed by atoms with Gasteiger partial charge in [-0.05, 0) is 37.1 Å². The third-order valence-electron chi connectivity index (χ3n) is 5.81. The van der Waals surface area contributed by atoms with Gasteiger partial charge in [0.05, 0.1) is 32.6 Å². The van der Waals surface area contributed by atoms with Crippen LogP contribution in [0.2, 0.25) is 0 Å². The summed E-state index contributed by atoms with van der Waals surface area (Å²) < 4.78 is 10.9. The predicted molar refractivity (Wildman–Crippen MR) is 112 cm³/mol. The number of rotatable bonds is 5. The number of morpholine rings is 1. The highest BCUT2D eigenvalue weighted by Crippen LogP contribution is 2.31. The van der Waals surface area contributed by atoms with E-state index in [0.29, 0.717) is 6.54 Å². The number of likely N-dealkylation sites (tertiary alicyclic amines) is 1. The largest absolute Gasteiger partial charge is 0.496 e. The Morgan fingerprint density at radius 2 is 1.97 bits per heavy atom. The van der Waals surface area contributed by atoms with Gasteiger partial charge in [0.15, 0.2) is 0 Å². The molecular formula is C23H29N3O3. The number of methoxy groups -OCH3 is 1. The molecule has 3 heterocycles. The van der Waals surface area contributed by atoms with Crippen LogP contribution in [0.15, 0.2) is 42.5 Å². The van der Waals surface area contributed by atoms with Crippen molar-refractivity contribution >= 4 is 5.91 Å². The Morgan fingerprint density at radius 1 is 1.14 bits per heavy atom. The molecule has 0 aliphatic carbocycles. The maximum Gasteiger partial charge on any atom is 0.236 e. The van der Waals surface area contributed by atoms with E-state index in [4.69, 9.17) is 14.5 Å². The van der Waals surface area contributed by atoms with Crippen molar-refractivity contribution in [3.05, 3.63) is 48.2 Å². The lowest BCUT2D eigenvalue weighted by Crippen LogP contribution is -2.47. The van der Waals surface area contributed by atoms with Crippen LogP contribution in [-0.4, -0.2) is 73.7 Å². The predicted octanol–water partition coefficient (Wildman–Crippen LogP) is 2.80. The highest BCUT2D eigenvalue weighted by atomic mass is 16.5. The monoisotopic (exact) mass is 395 g/mol. The normalized spacial score (nSPS) is 20.4. The van der Waals surface area contributed by atoms with Crippen LogP contribution in [0.25, 0.3) is 11.3 Å². The standard InChI is InChI=1S/C23H29N3O3/c1-28-22-10-3-2-7-19(22)21-9-4-8-20(24-21)18-6-5-11-26(16-18)23(27)17-25-12-14-29-15-13-25/h2-4,7-10,18H,5-6,11-17H2,1H3/t18-/m0/s1. The first-order chi connectivity index (χ1) is 14.2. The maximum absolute atomic E-state index is 12.8. The summed E-state index contributed by atoms with van der Waals surface area (Å²) in [4.78, 5) is 22.0. The minimum absolute atomic E-state index is 0.220. The Balaban J connectivity index is 1.46. The number of benzene rings is 1. The first-order valence-electron chi connectivity index (χ1n) is 10.4. The zero-order valence-corrected chi connectivity index (χ0v) is 17.0. The summed E-state index contributed by atoms with van der Waals surface area (Å²) in [7, 11) is 1.68. The summed E-state index contributed by atoms with van der Waals surface area (Å²) in [5.41, 5.74) is 2.96. The quantitative estimate of drug-likeness (QED) is 0.779. The molecule has 0 radical (unpaired) electrons. The second-order valence-electron chi connectivity index (χ2n) is 7.72. The summed E-state index contributed by atoms with van der Waals surface area (Å²) in [5.74, 6) is 1.31. The Hall–Kier alpha value is -2.44. The van der Waals surface area contributed by atoms with Gasteiger partial charge in [0, 0.05) is 43.4 Å². The Kier molecular flexibility index (Phi) is 6.42. The molecule has 2 saturated heterocycles. The lowest BCUT2D eigenvalue weighted by molar-refractivity contribution is -0.134. The van der Waals surface area contributed by atoms with Crippen LogP contribution in [0.4, 0.5) is 0 Å². The van der Waals surface area contributed by atoms with Crippen LogP contribution in [0.1, 0.15) is 24.5 Å². The molecular weight excluding hydrogens is 366 g/mol. The minimum Gasteiger partial charge on any atom is -0.496 e. The molecule has 6 heteroatoms. The Morgan fingerprint density at radius 3 is 2.79 bits per heavy atom. The third kappa shape index (κ3) is 4.77. The lowest BCUT2D eigenvalue weighted by atomic mass is 9.93. The smallest absolute Gasteiger partial charge is 0.236 e. The van der Waals surface area contributed by atoms with Crippen LogP contribution < -0.4 is 4.74 Å². The molecule has 2 aromatic rings. The van der Waals surface area contributed by atoms with E-state index in [0.717, 1.165) is 74.9 Å². The third-order valence-corrected chi connectivity index (χ3v) is 5.81. The number of pyridine rings is 1. The number of ether oxygens (including phenoxy) is 2. The van der Waals surface area contributed by atoms with Gasteiger partial charge in [-0.2, -0.15) is 0 Å². The summed E-state index contributed by atoms with van der Waals surface area (Å²) in [6, 6.07) is 14.1. The molecule has 29 heavy (non-hydrogen) atoms. The average Bonchev–Trinajstić information content (AvgIpc) is 2.80. The lowest BCUT2D eigenvalue weighted by Gasteiger charge is -2.35. The number of para-hydroxylation sites is 1. The van der Waals surface area contributed by atoms with Crippen molar-refractivity contribution in [1.82, 2.24) is 14.8 Å². The van der Waals surface area contributed by atoms with Gasteiger partial charge < -0.3 is 14.4 Å². The molecule has 2 aliphatic rings. The Bertz CT molecular complexity index is 836. The summed E-state index contributed by atoms with van der Waals surface area (Å²) >= 11 is 0. The van der Waals surface area contributed by atoms with Crippen LogP contribution in [0.3, 0.4) is 0 Å². The van der Waals surface area contributed by atoms with Gasteiger partial charge in [0.2, 0.25) is 5.91 Å². The fourth-order valence-corrected chi connectivity index (χ4v) is 4.18. The van der Waals surface area contributed by atoms with E-state index in [1.807, 2.05) is 35.2 Å². The van der Waals surface area contributed by atoms with Crippen molar-refractivity contribution in [3.8, 4) is 17.0 Å². The number of carbonyl (C=O) groups excluding carboxylic acids is 1. The first kappa shape index (κ1) is 19.9. The highest BCUT2D eigenvalue weighted by Gasteiger charge is 2.27. The van der Waals surface area contributed by atoms with E-state index in [9.17, 15) is 4.79 Å². The molecule has 0 bridgehead atoms. The van der Waals surface area contributed by atoms with Gasteiger partial charge >= 0.3 is 0 Å². The molecule has 2 fully saturated rings. The molecule has 1 amide bonds.